The number of nitrogens with one attached hydrogen (secondary N) is 1. The molecule has 1 fully saturated rings. The summed E-state index contributed by atoms with van der Waals surface area (Å²) in [5, 5.41) is 4.38. The number of anilines is 1. The Kier molecular flexibility index (Phi) is 4.75. The normalized spacial score (nSPS) is 24.6. The van der Waals surface area contributed by atoms with Crippen molar-refractivity contribution in [3.05, 3.63) is 27.7 Å². The average Bonchev–Trinajstić information content (AvgIpc) is 2.36. The molecule has 1 aliphatic rings. The van der Waals surface area contributed by atoms with E-state index in [1.54, 1.807) is 0 Å². The van der Waals surface area contributed by atoms with E-state index in [2.05, 4.69) is 34.2 Å². The highest BCUT2D eigenvalue weighted by Crippen LogP contribution is 2.33. The molecule has 0 aliphatic heterocycles. The van der Waals surface area contributed by atoms with Crippen LogP contribution < -0.4 is 5.32 Å². The number of benzene rings is 1. The molecule has 1 nitrogen and oxygen atoms in total. The molecular weight excluding hydrogens is 298 g/mol. The van der Waals surface area contributed by atoms with Gasteiger partial charge in [-0.3, -0.25) is 0 Å². The van der Waals surface area contributed by atoms with E-state index in [0.29, 0.717) is 6.04 Å². The lowest BCUT2D eigenvalue weighted by molar-refractivity contribution is 0.330. The van der Waals surface area contributed by atoms with Gasteiger partial charge in [0.15, 0.2) is 0 Å². The highest BCUT2D eigenvalue weighted by atomic mass is 79.9. The lowest BCUT2D eigenvalue weighted by Gasteiger charge is -2.29. The van der Waals surface area contributed by atoms with Gasteiger partial charge in [0.25, 0.3) is 0 Å². The van der Waals surface area contributed by atoms with E-state index in [0.717, 1.165) is 21.1 Å². The van der Waals surface area contributed by atoms with Gasteiger partial charge in [0.05, 0.1) is 15.2 Å². The van der Waals surface area contributed by atoms with Gasteiger partial charge in [-0.25, -0.2) is 0 Å². The smallest absolute Gasteiger partial charge is 0.0593 e. The molecule has 2 rings (SSSR count). The topological polar surface area (TPSA) is 12.0 Å². The molecule has 94 valence electrons. The van der Waals surface area contributed by atoms with Gasteiger partial charge in [0.1, 0.15) is 0 Å². The third-order valence-corrected chi connectivity index (χ3v) is 5.13. The SMILES string of the molecule is CCC1CCC(Nc2cccc(Cl)c2Br)CC1. The van der Waals surface area contributed by atoms with Crippen LogP contribution in [-0.2, 0) is 0 Å². The fourth-order valence-electron chi connectivity index (χ4n) is 2.55. The predicted molar refractivity (Wildman–Crippen MR) is 78.8 cm³/mol. The van der Waals surface area contributed by atoms with Gasteiger partial charge in [-0.05, 0) is 59.7 Å². The van der Waals surface area contributed by atoms with Gasteiger partial charge in [0.2, 0.25) is 0 Å². The molecule has 0 unspecified atom stereocenters. The molecular formula is C14H19BrClN. The van der Waals surface area contributed by atoms with Crippen LogP contribution in [0.3, 0.4) is 0 Å². The molecule has 0 bridgehead atoms. The van der Waals surface area contributed by atoms with Crippen molar-refractivity contribution in [1.29, 1.82) is 0 Å². The van der Waals surface area contributed by atoms with Gasteiger partial charge in [0, 0.05) is 6.04 Å². The molecule has 1 aromatic rings. The van der Waals surface area contributed by atoms with Crippen molar-refractivity contribution in [2.75, 3.05) is 5.32 Å². The maximum atomic E-state index is 6.09. The van der Waals surface area contributed by atoms with E-state index in [4.69, 9.17) is 11.6 Å². The first-order valence-corrected chi connectivity index (χ1v) is 7.58. The second kappa shape index (κ2) is 6.10. The van der Waals surface area contributed by atoms with Gasteiger partial charge in [-0.15, -0.1) is 0 Å². The molecule has 1 aliphatic carbocycles. The Labute approximate surface area is 117 Å². The summed E-state index contributed by atoms with van der Waals surface area (Å²) < 4.78 is 0.985. The van der Waals surface area contributed by atoms with Crippen molar-refractivity contribution in [2.45, 2.75) is 45.1 Å². The van der Waals surface area contributed by atoms with Crippen molar-refractivity contribution < 1.29 is 0 Å². The van der Waals surface area contributed by atoms with E-state index < -0.39 is 0 Å². The number of hydrogen-bond acceptors (Lipinski definition) is 1. The number of rotatable bonds is 3. The number of hydrogen-bond donors (Lipinski definition) is 1. The zero-order valence-corrected chi connectivity index (χ0v) is 12.5. The molecule has 1 N–H and O–H groups in total. The molecule has 0 spiro atoms. The van der Waals surface area contributed by atoms with E-state index in [1.807, 2.05) is 12.1 Å². The van der Waals surface area contributed by atoms with Gasteiger partial charge >= 0.3 is 0 Å². The third kappa shape index (κ3) is 3.38. The molecule has 0 atom stereocenters. The number of halogens is 2. The fourth-order valence-corrected chi connectivity index (χ4v) is 3.10. The maximum Gasteiger partial charge on any atom is 0.0593 e. The summed E-state index contributed by atoms with van der Waals surface area (Å²) >= 11 is 9.63. The van der Waals surface area contributed by atoms with Crippen LogP contribution in [0.2, 0.25) is 5.02 Å². The minimum atomic E-state index is 0.604. The summed E-state index contributed by atoms with van der Waals surface area (Å²) in [6, 6.07) is 6.59. The summed E-state index contributed by atoms with van der Waals surface area (Å²) in [5.74, 6) is 0.941. The monoisotopic (exact) mass is 315 g/mol. The second-order valence-electron chi connectivity index (χ2n) is 4.87. The summed E-state index contributed by atoms with van der Waals surface area (Å²) in [5.41, 5.74) is 1.12. The zero-order chi connectivity index (χ0) is 12.3. The van der Waals surface area contributed by atoms with Crippen LogP contribution in [0.4, 0.5) is 5.69 Å². The van der Waals surface area contributed by atoms with Crippen molar-refractivity contribution >= 4 is 33.2 Å². The minimum Gasteiger partial charge on any atom is -0.381 e. The molecule has 1 aromatic carbocycles. The second-order valence-corrected chi connectivity index (χ2v) is 6.07. The van der Waals surface area contributed by atoms with Crippen LogP contribution in [0.1, 0.15) is 39.0 Å². The third-order valence-electron chi connectivity index (χ3n) is 3.74. The Hall–Kier alpha value is -0.210. The van der Waals surface area contributed by atoms with Crippen molar-refractivity contribution in [3.63, 3.8) is 0 Å². The predicted octanol–water partition coefficient (Wildman–Crippen LogP) is 5.48. The highest BCUT2D eigenvalue weighted by molar-refractivity contribution is 9.10. The Bertz CT molecular complexity index is 372. The van der Waals surface area contributed by atoms with E-state index in [9.17, 15) is 0 Å². The lowest BCUT2D eigenvalue weighted by atomic mass is 9.84. The standard InChI is InChI=1S/C14H19BrClN/c1-2-10-6-8-11(9-7-10)17-13-5-3-4-12(16)14(13)15/h3-5,10-11,17H,2,6-9H2,1H3. The van der Waals surface area contributed by atoms with Gasteiger partial charge in [-0.1, -0.05) is 31.0 Å². The first-order valence-electron chi connectivity index (χ1n) is 6.41. The quantitative estimate of drug-likeness (QED) is 0.778. The van der Waals surface area contributed by atoms with Crippen LogP contribution >= 0.6 is 27.5 Å². The van der Waals surface area contributed by atoms with Crippen LogP contribution in [0.5, 0.6) is 0 Å². The molecule has 0 saturated heterocycles. The summed E-state index contributed by atoms with van der Waals surface area (Å²) in [6.45, 7) is 2.30. The van der Waals surface area contributed by atoms with E-state index >= 15 is 0 Å². The molecule has 0 heterocycles. The Morgan fingerprint density at radius 3 is 2.65 bits per heavy atom. The lowest BCUT2D eigenvalue weighted by Crippen LogP contribution is -2.26. The molecule has 0 amide bonds. The molecule has 17 heavy (non-hydrogen) atoms. The Balaban J connectivity index is 1.95. The first kappa shape index (κ1) is 13.2. The summed E-state index contributed by atoms with van der Waals surface area (Å²) in [4.78, 5) is 0. The Morgan fingerprint density at radius 2 is 2.00 bits per heavy atom. The molecule has 0 radical (unpaired) electrons. The maximum absolute atomic E-state index is 6.09. The van der Waals surface area contributed by atoms with Crippen molar-refractivity contribution in [3.8, 4) is 0 Å². The van der Waals surface area contributed by atoms with Crippen LogP contribution in [0, 0.1) is 5.92 Å². The van der Waals surface area contributed by atoms with Gasteiger partial charge < -0.3 is 5.32 Å². The van der Waals surface area contributed by atoms with E-state index in [1.165, 1.54) is 32.1 Å². The Morgan fingerprint density at radius 1 is 1.29 bits per heavy atom. The van der Waals surface area contributed by atoms with Gasteiger partial charge in [-0.2, -0.15) is 0 Å². The molecule has 3 heteroatoms. The van der Waals surface area contributed by atoms with E-state index in [-0.39, 0.29) is 0 Å². The summed E-state index contributed by atoms with van der Waals surface area (Å²) in [6.07, 6.45) is 6.58. The zero-order valence-electron chi connectivity index (χ0n) is 10.2. The molecule has 0 aromatic heterocycles. The van der Waals surface area contributed by atoms with Crippen LogP contribution in [0.25, 0.3) is 0 Å². The summed E-state index contributed by atoms with van der Waals surface area (Å²) in [7, 11) is 0. The highest BCUT2D eigenvalue weighted by Gasteiger charge is 2.20. The molecule has 1 saturated carbocycles. The average molecular weight is 317 g/mol. The minimum absolute atomic E-state index is 0.604. The largest absolute Gasteiger partial charge is 0.381 e. The fraction of sp³-hybridized carbons (Fsp3) is 0.571. The van der Waals surface area contributed by atoms with Crippen LogP contribution in [-0.4, -0.2) is 6.04 Å². The first-order chi connectivity index (χ1) is 8.20. The van der Waals surface area contributed by atoms with Crippen molar-refractivity contribution in [1.82, 2.24) is 0 Å². The van der Waals surface area contributed by atoms with Crippen molar-refractivity contribution in [2.24, 2.45) is 5.92 Å². The van der Waals surface area contributed by atoms with Crippen LogP contribution in [0.15, 0.2) is 22.7 Å².